The number of esters is 1. The minimum Gasteiger partial charge on any atom is -0.465 e. The number of ether oxygens (including phenoxy) is 1. The third-order valence-electron chi connectivity index (χ3n) is 6.22. The number of benzene rings is 3. The molecular formula is C28H26N3O3+. The van der Waals surface area contributed by atoms with Crippen LogP contribution in [-0.4, -0.2) is 36.1 Å². The molecule has 1 aliphatic heterocycles. The van der Waals surface area contributed by atoms with Crippen LogP contribution < -0.4 is 9.93 Å². The number of carbonyl (C=O) groups excluding carboxylic acids is 1. The number of carbonyl (C=O) groups is 1. The quantitative estimate of drug-likeness (QED) is 0.217. The predicted molar refractivity (Wildman–Crippen MR) is 134 cm³/mol. The number of fused-ring (bicyclic) bond motifs is 3. The highest BCUT2D eigenvalue weighted by molar-refractivity contribution is 6.10. The van der Waals surface area contributed by atoms with Crippen molar-refractivity contribution in [2.75, 3.05) is 20.2 Å². The third-order valence-corrected chi connectivity index (χ3v) is 6.22. The highest BCUT2D eigenvalue weighted by Crippen LogP contribution is 2.42. The molecule has 2 heterocycles. The van der Waals surface area contributed by atoms with Crippen molar-refractivity contribution in [1.29, 1.82) is 0 Å². The monoisotopic (exact) mass is 452 g/mol. The van der Waals surface area contributed by atoms with Gasteiger partial charge in [0.1, 0.15) is 24.4 Å². The van der Waals surface area contributed by atoms with Crippen LogP contribution in [0.25, 0.3) is 44.5 Å². The van der Waals surface area contributed by atoms with Crippen LogP contribution in [0.2, 0.25) is 0 Å². The number of aryl methyl sites for hydroxylation is 1. The van der Waals surface area contributed by atoms with Crippen molar-refractivity contribution in [3.8, 4) is 22.5 Å². The minimum atomic E-state index is -0.381. The summed E-state index contributed by atoms with van der Waals surface area (Å²) >= 11 is 0. The lowest BCUT2D eigenvalue weighted by molar-refractivity contribution is 0.0601. The van der Waals surface area contributed by atoms with Crippen LogP contribution in [0, 0.1) is 6.92 Å². The van der Waals surface area contributed by atoms with E-state index >= 15 is 0 Å². The Bertz CT molecular complexity index is 1590. The number of rotatable bonds is 4. The van der Waals surface area contributed by atoms with Crippen LogP contribution in [0.1, 0.15) is 29.9 Å². The maximum absolute atomic E-state index is 12.7. The first-order valence-electron chi connectivity index (χ1n) is 11.4. The Hall–Kier alpha value is -4.06. The zero-order valence-electron chi connectivity index (χ0n) is 19.8. The van der Waals surface area contributed by atoms with Crippen LogP contribution in [0.15, 0.2) is 65.2 Å². The van der Waals surface area contributed by atoms with E-state index in [0.29, 0.717) is 11.1 Å². The molecular weight excluding hydrogens is 426 g/mol. The van der Waals surface area contributed by atoms with Crippen LogP contribution in [0.3, 0.4) is 0 Å². The smallest absolute Gasteiger partial charge is 0.338 e. The summed E-state index contributed by atoms with van der Waals surface area (Å²) in [5.41, 5.74) is 6.18. The maximum atomic E-state index is 12.7. The molecule has 0 N–H and O–H groups in total. The van der Waals surface area contributed by atoms with E-state index in [9.17, 15) is 4.79 Å². The Balaban J connectivity index is 1.96. The summed E-state index contributed by atoms with van der Waals surface area (Å²) in [7, 11) is 1.40. The summed E-state index contributed by atoms with van der Waals surface area (Å²) < 4.78 is 13.8. The van der Waals surface area contributed by atoms with E-state index < -0.39 is 0 Å². The Kier molecular flexibility index (Phi) is 5.57. The van der Waals surface area contributed by atoms with Crippen molar-refractivity contribution in [1.82, 2.24) is 14.5 Å². The molecule has 0 saturated carbocycles. The average Bonchev–Trinajstić information content (AvgIpc) is 2.86. The van der Waals surface area contributed by atoms with Gasteiger partial charge in [-0.15, -0.1) is 0 Å². The fourth-order valence-corrected chi connectivity index (χ4v) is 4.54. The second-order valence-electron chi connectivity index (χ2n) is 8.22. The van der Waals surface area contributed by atoms with Gasteiger partial charge in [0, 0.05) is 34.8 Å². The lowest BCUT2D eigenvalue weighted by atomic mass is 9.90. The molecule has 170 valence electrons. The van der Waals surface area contributed by atoms with E-state index in [1.165, 1.54) is 7.11 Å². The maximum Gasteiger partial charge on any atom is 0.338 e. The summed E-state index contributed by atoms with van der Waals surface area (Å²) in [5, 5.41) is 1.95. The van der Waals surface area contributed by atoms with Gasteiger partial charge in [-0.05, 0) is 44.5 Å². The Morgan fingerprint density at radius 2 is 1.79 bits per heavy atom. The number of methoxy groups -OCH3 is 1. The summed E-state index contributed by atoms with van der Waals surface area (Å²) in [6, 6.07) is 17.7. The number of hydrogen-bond acceptors (Lipinski definition) is 5. The molecule has 34 heavy (non-hydrogen) atoms. The number of hydrogen-bond donors (Lipinski definition) is 0. The van der Waals surface area contributed by atoms with Gasteiger partial charge in [-0.25, -0.2) is 14.4 Å². The van der Waals surface area contributed by atoms with Gasteiger partial charge >= 0.3 is 5.97 Å². The summed E-state index contributed by atoms with van der Waals surface area (Å²) in [6.45, 7) is 7.98. The molecule has 0 spiro atoms. The van der Waals surface area contributed by atoms with E-state index in [1.54, 1.807) is 12.3 Å². The van der Waals surface area contributed by atoms with Gasteiger partial charge in [-0.1, -0.05) is 18.2 Å². The molecule has 2 aromatic carbocycles. The van der Waals surface area contributed by atoms with Crippen molar-refractivity contribution in [2.45, 2.75) is 20.8 Å². The number of aromatic nitrogens is 2. The first-order valence-corrected chi connectivity index (χ1v) is 11.4. The Labute approximate surface area is 197 Å². The van der Waals surface area contributed by atoms with Crippen molar-refractivity contribution >= 4 is 28.0 Å². The molecule has 2 aliphatic rings. The normalized spacial score (nSPS) is 11.3. The van der Waals surface area contributed by atoms with E-state index in [0.717, 1.165) is 63.0 Å². The van der Waals surface area contributed by atoms with Gasteiger partial charge in [0.25, 0.3) is 0 Å². The summed E-state index contributed by atoms with van der Waals surface area (Å²) in [5.74, 6) is 0.361. The Morgan fingerprint density at radius 3 is 2.56 bits per heavy atom. The van der Waals surface area contributed by atoms with E-state index in [2.05, 4.69) is 46.6 Å². The van der Waals surface area contributed by atoms with Gasteiger partial charge in [0.05, 0.1) is 35.5 Å². The first kappa shape index (κ1) is 21.8. The first-order chi connectivity index (χ1) is 16.5. The molecule has 0 fully saturated rings. The third kappa shape index (κ3) is 3.61. The van der Waals surface area contributed by atoms with Crippen LogP contribution in [0.5, 0.6) is 0 Å². The topological polar surface area (TPSA) is 68.2 Å². The van der Waals surface area contributed by atoms with E-state index in [4.69, 9.17) is 9.15 Å². The van der Waals surface area contributed by atoms with E-state index in [1.807, 2.05) is 37.3 Å². The minimum absolute atomic E-state index is 0.381. The lowest BCUT2D eigenvalue weighted by Gasteiger charge is -2.17. The highest BCUT2D eigenvalue weighted by Gasteiger charge is 2.23. The summed E-state index contributed by atoms with van der Waals surface area (Å²) in [6.07, 6.45) is 1.75. The van der Waals surface area contributed by atoms with Crippen LogP contribution in [-0.2, 0) is 4.74 Å². The van der Waals surface area contributed by atoms with Crippen molar-refractivity contribution in [2.24, 2.45) is 0 Å². The summed E-state index contributed by atoms with van der Waals surface area (Å²) in [4.78, 5) is 21.9. The molecule has 3 aromatic rings. The van der Waals surface area contributed by atoms with E-state index in [-0.39, 0.29) is 5.97 Å². The predicted octanol–water partition coefficient (Wildman–Crippen LogP) is 5.05. The second-order valence-corrected chi connectivity index (χ2v) is 8.22. The van der Waals surface area contributed by atoms with Crippen LogP contribution in [0.4, 0.5) is 0 Å². The largest absolute Gasteiger partial charge is 0.465 e. The lowest BCUT2D eigenvalue weighted by Crippen LogP contribution is -2.29. The fourth-order valence-electron chi connectivity index (χ4n) is 4.54. The zero-order valence-corrected chi connectivity index (χ0v) is 19.8. The molecule has 0 saturated heterocycles. The van der Waals surface area contributed by atoms with Gasteiger partial charge in [0.15, 0.2) is 0 Å². The number of nitrogens with zero attached hydrogens (tertiary/aromatic N) is 3. The second kappa shape index (κ2) is 8.71. The van der Waals surface area contributed by atoms with Gasteiger partial charge in [0.2, 0.25) is 5.36 Å². The van der Waals surface area contributed by atoms with Crippen molar-refractivity contribution in [3.05, 3.63) is 77.4 Å². The molecule has 0 unspecified atom stereocenters. The molecule has 0 bridgehead atoms. The zero-order chi connectivity index (χ0) is 23.8. The van der Waals surface area contributed by atoms with Crippen LogP contribution >= 0.6 is 0 Å². The molecule has 5 rings (SSSR count). The van der Waals surface area contributed by atoms with Crippen molar-refractivity contribution < 1.29 is 13.9 Å². The Morgan fingerprint density at radius 1 is 1.00 bits per heavy atom. The molecule has 1 aliphatic carbocycles. The molecule has 0 radical (unpaired) electrons. The van der Waals surface area contributed by atoms with Crippen molar-refractivity contribution in [3.63, 3.8) is 0 Å². The average molecular weight is 453 g/mol. The highest BCUT2D eigenvalue weighted by atomic mass is 16.5. The van der Waals surface area contributed by atoms with Gasteiger partial charge in [-0.3, -0.25) is 4.98 Å². The standard InChI is InChI=1S/C28H26N3O3/c1-5-31(6-2)18-11-12-21-25(13-18)34-26-15-24-23(29-16-17(3)30-24)14-22(26)27(21)19-9-7-8-10-20(19)28(32)33-4/h7-16H,5-6H2,1-4H3/q+1. The fraction of sp³-hybridized carbons (Fsp3) is 0.214. The molecule has 0 atom stereocenters. The molecule has 1 aromatic heterocycles. The van der Waals surface area contributed by atoms with Gasteiger partial charge < -0.3 is 9.15 Å². The van der Waals surface area contributed by atoms with Gasteiger partial charge in [-0.2, -0.15) is 0 Å². The molecule has 0 amide bonds. The molecule has 6 nitrogen and oxygen atoms in total. The molecule has 6 heteroatoms. The SMILES string of the molecule is CC[N+](CC)=c1ccc2c(-c3ccccc3C(=O)OC)c3cc4ncc(C)nc4cc3oc-2c1.